The average molecular weight is 355 g/mol. The summed E-state index contributed by atoms with van der Waals surface area (Å²) < 4.78 is 31.3. The molecule has 0 saturated carbocycles. The second kappa shape index (κ2) is 7.84. The molecule has 1 aromatic rings. The highest BCUT2D eigenvalue weighted by Gasteiger charge is 2.21. The molecule has 0 atom stereocenters. The first-order valence-corrected chi connectivity index (χ1v) is 8.41. The number of benzene rings is 1. The van der Waals surface area contributed by atoms with Gasteiger partial charge in [0.1, 0.15) is 4.90 Å². The van der Waals surface area contributed by atoms with Gasteiger partial charge in [-0.25, -0.2) is 13.1 Å². The van der Waals surface area contributed by atoms with Crippen LogP contribution in [0.1, 0.15) is 19.8 Å². The highest BCUT2D eigenvalue weighted by atomic mass is 35.5. The van der Waals surface area contributed by atoms with Crippen LogP contribution in [0.15, 0.2) is 17.0 Å². The summed E-state index contributed by atoms with van der Waals surface area (Å²) in [5, 5.41) is 0.191. The van der Waals surface area contributed by atoms with E-state index >= 15 is 0 Å². The Hall–Kier alpha value is -1.02. The van der Waals surface area contributed by atoms with Crippen LogP contribution in [-0.2, 0) is 19.6 Å². The minimum Gasteiger partial charge on any atom is -0.466 e. The van der Waals surface area contributed by atoms with Crippen LogP contribution < -0.4 is 10.5 Å². The van der Waals surface area contributed by atoms with Crippen molar-refractivity contribution in [2.75, 3.05) is 18.9 Å². The van der Waals surface area contributed by atoms with E-state index in [0.717, 1.165) is 0 Å². The summed E-state index contributed by atoms with van der Waals surface area (Å²) in [7, 11) is -3.87. The number of esters is 1. The minimum atomic E-state index is -3.87. The van der Waals surface area contributed by atoms with Gasteiger partial charge in [0.15, 0.2) is 0 Å². The Bertz CT molecular complexity index is 597. The number of nitrogens with one attached hydrogen (secondary N) is 1. The zero-order valence-electron chi connectivity index (χ0n) is 11.4. The first-order chi connectivity index (χ1) is 9.77. The van der Waals surface area contributed by atoms with Crippen LogP contribution in [0, 0.1) is 0 Å². The third-order valence-electron chi connectivity index (χ3n) is 2.46. The predicted octanol–water partition coefficient (Wildman–Crippen LogP) is 2.20. The molecule has 9 heteroatoms. The minimum absolute atomic E-state index is 0.0367. The monoisotopic (exact) mass is 354 g/mol. The number of nitrogens with two attached hydrogens (primary N) is 1. The molecule has 0 aliphatic rings. The number of hydrogen-bond acceptors (Lipinski definition) is 5. The summed E-state index contributed by atoms with van der Waals surface area (Å²) >= 11 is 11.6. The van der Waals surface area contributed by atoms with E-state index in [1.54, 1.807) is 6.92 Å². The number of carbonyl (C=O) groups excluding carboxylic acids is 1. The van der Waals surface area contributed by atoms with Crippen LogP contribution in [0.4, 0.5) is 5.69 Å². The maximum atomic E-state index is 12.1. The average Bonchev–Trinajstić information content (AvgIpc) is 2.33. The Kier molecular flexibility index (Phi) is 6.73. The quantitative estimate of drug-likeness (QED) is 0.444. The van der Waals surface area contributed by atoms with Crippen LogP contribution in [0.3, 0.4) is 0 Å². The summed E-state index contributed by atoms with van der Waals surface area (Å²) in [6, 6.07) is 2.60. The van der Waals surface area contributed by atoms with Gasteiger partial charge in [-0.2, -0.15) is 0 Å². The van der Waals surface area contributed by atoms with Crippen molar-refractivity contribution in [2.24, 2.45) is 0 Å². The normalized spacial score (nSPS) is 11.4. The molecule has 0 aromatic heterocycles. The first-order valence-electron chi connectivity index (χ1n) is 6.17. The van der Waals surface area contributed by atoms with E-state index in [1.807, 2.05) is 0 Å². The predicted molar refractivity (Wildman–Crippen MR) is 81.9 cm³/mol. The first kappa shape index (κ1) is 18.0. The zero-order chi connectivity index (χ0) is 16.0. The topological polar surface area (TPSA) is 98.5 Å². The van der Waals surface area contributed by atoms with Crippen molar-refractivity contribution in [3.8, 4) is 0 Å². The maximum Gasteiger partial charge on any atom is 0.305 e. The van der Waals surface area contributed by atoms with E-state index in [2.05, 4.69) is 4.72 Å². The van der Waals surface area contributed by atoms with E-state index in [4.69, 9.17) is 33.7 Å². The molecule has 21 heavy (non-hydrogen) atoms. The van der Waals surface area contributed by atoms with Crippen molar-refractivity contribution in [1.29, 1.82) is 0 Å². The van der Waals surface area contributed by atoms with Gasteiger partial charge < -0.3 is 10.5 Å². The molecule has 3 N–H and O–H groups in total. The van der Waals surface area contributed by atoms with Crippen LogP contribution in [-0.4, -0.2) is 27.5 Å². The lowest BCUT2D eigenvalue weighted by atomic mass is 10.3. The second-order valence-electron chi connectivity index (χ2n) is 4.11. The fourth-order valence-corrected chi connectivity index (χ4v) is 3.66. The number of ether oxygens (including phenoxy) is 1. The Balaban J connectivity index is 2.69. The highest BCUT2D eigenvalue weighted by molar-refractivity contribution is 7.89. The molecular formula is C12H16Cl2N2O4S. The van der Waals surface area contributed by atoms with Crippen molar-refractivity contribution in [3.63, 3.8) is 0 Å². The summed E-state index contributed by atoms with van der Waals surface area (Å²) in [4.78, 5) is 10.9. The number of carbonyl (C=O) groups is 1. The van der Waals surface area contributed by atoms with Crippen LogP contribution in [0.25, 0.3) is 0 Å². The summed E-state index contributed by atoms with van der Waals surface area (Å²) in [5.74, 6) is -0.374. The van der Waals surface area contributed by atoms with Gasteiger partial charge in [0.25, 0.3) is 0 Å². The van der Waals surface area contributed by atoms with Crippen LogP contribution >= 0.6 is 23.2 Å². The Morgan fingerprint density at radius 3 is 2.62 bits per heavy atom. The third-order valence-corrected chi connectivity index (χ3v) is 4.67. The maximum absolute atomic E-state index is 12.1. The summed E-state index contributed by atoms with van der Waals surface area (Å²) in [6.07, 6.45) is 0.434. The largest absolute Gasteiger partial charge is 0.466 e. The number of halogens is 2. The second-order valence-corrected chi connectivity index (χ2v) is 6.66. The van der Waals surface area contributed by atoms with E-state index in [9.17, 15) is 13.2 Å². The van der Waals surface area contributed by atoms with E-state index in [-0.39, 0.29) is 39.6 Å². The molecule has 0 spiro atoms. The molecule has 1 rings (SSSR count). The number of nitrogen functional groups attached to an aromatic ring is 1. The van der Waals surface area contributed by atoms with Gasteiger partial charge in [0, 0.05) is 18.0 Å². The molecule has 0 heterocycles. The van der Waals surface area contributed by atoms with Gasteiger partial charge in [0.05, 0.1) is 17.3 Å². The van der Waals surface area contributed by atoms with E-state index in [0.29, 0.717) is 13.0 Å². The van der Waals surface area contributed by atoms with Gasteiger partial charge >= 0.3 is 5.97 Å². The SMILES string of the molecule is CCOC(=O)CCCNS(=O)(=O)c1c(N)cc(Cl)cc1Cl. The van der Waals surface area contributed by atoms with Crippen molar-refractivity contribution >= 4 is 44.9 Å². The molecule has 1 aromatic carbocycles. The van der Waals surface area contributed by atoms with Gasteiger partial charge in [0.2, 0.25) is 10.0 Å². The summed E-state index contributed by atoms with van der Waals surface area (Å²) in [6.45, 7) is 2.06. The number of rotatable bonds is 7. The number of sulfonamides is 1. The zero-order valence-corrected chi connectivity index (χ0v) is 13.7. The van der Waals surface area contributed by atoms with Crippen molar-refractivity contribution in [2.45, 2.75) is 24.7 Å². The van der Waals surface area contributed by atoms with Gasteiger partial charge in [-0.3, -0.25) is 4.79 Å². The molecule has 0 aliphatic heterocycles. The molecular weight excluding hydrogens is 339 g/mol. The highest BCUT2D eigenvalue weighted by Crippen LogP contribution is 2.30. The lowest BCUT2D eigenvalue weighted by molar-refractivity contribution is -0.143. The summed E-state index contributed by atoms with van der Waals surface area (Å²) in [5.41, 5.74) is 5.60. The lowest BCUT2D eigenvalue weighted by Crippen LogP contribution is -2.26. The number of anilines is 1. The Morgan fingerprint density at radius 1 is 1.38 bits per heavy atom. The molecule has 0 unspecified atom stereocenters. The third kappa shape index (κ3) is 5.35. The fraction of sp³-hybridized carbons (Fsp3) is 0.417. The smallest absolute Gasteiger partial charge is 0.305 e. The Morgan fingerprint density at radius 2 is 2.05 bits per heavy atom. The Labute approximate surface area is 133 Å². The molecule has 0 aliphatic carbocycles. The molecule has 118 valence electrons. The van der Waals surface area contributed by atoms with Crippen LogP contribution in [0.5, 0.6) is 0 Å². The van der Waals surface area contributed by atoms with E-state index < -0.39 is 10.0 Å². The molecule has 0 fully saturated rings. The molecule has 0 saturated heterocycles. The van der Waals surface area contributed by atoms with E-state index in [1.165, 1.54) is 12.1 Å². The number of hydrogen-bond donors (Lipinski definition) is 2. The van der Waals surface area contributed by atoms with Crippen LogP contribution in [0.2, 0.25) is 10.0 Å². The molecule has 0 amide bonds. The van der Waals surface area contributed by atoms with Gasteiger partial charge in [-0.1, -0.05) is 23.2 Å². The molecule has 6 nitrogen and oxygen atoms in total. The van der Waals surface area contributed by atoms with Gasteiger partial charge in [-0.05, 0) is 25.5 Å². The van der Waals surface area contributed by atoms with Gasteiger partial charge in [-0.15, -0.1) is 0 Å². The molecule has 0 bridgehead atoms. The molecule has 0 radical (unpaired) electrons. The van der Waals surface area contributed by atoms with Crippen molar-refractivity contribution in [3.05, 3.63) is 22.2 Å². The standard InChI is InChI=1S/C12H16Cl2N2O4S/c1-2-20-11(17)4-3-5-16-21(18,19)12-9(14)6-8(13)7-10(12)15/h6-7,16H,2-5,15H2,1H3. The lowest BCUT2D eigenvalue weighted by Gasteiger charge is -2.11. The van der Waals surface area contributed by atoms with Crippen molar-refractivity contribution < 1.29 is 17.9 Å². The fourth-order valence-electron chi connectivity index (χ4n) is 1.61. The van der Waals surface area contributed by atoms with Crippen molar-refractivity contribution in [1.82, 2.24) is 4.72 Å².